The third-order valence-corrected chi connectivity index (χ3v) is 4.51. The highest BCUT2D eigenvalue weighted by Crippen LogP contribution is 2.30. The standard InChI is InChI=1S/C14H20Cl2N2/c1-18(14-4-2-3-10(14)8-17)9-11-5-6-12(15)7-13(11)16/h5-7,10,14H,2-4,8-9,17H2,1H3. The third kappa shape index (κ3) is 3.18. The number of benzene rings is 1. The zero-order valence-corrected chi connectivity index (χ0v) is 12.2. The summed E-state index contributed by atoms with van der Waals surface area (Å²) in [5, 5.41) is 1.43. The Labute approximate surface area is 119 Å². The molecule has 0 saturated heterocycles. The van der Waals surface area contributed by atoms with Crippen molar-refractivity contribution in [3.63, 3.8) is 0 Å². The van der Waals surface area contributed by atoms with E-state index in [-0.39, 0.29) is 0 Å². The van der Waals surface area contributed by atoms with Gasteiger partial charge in [0.05, 0.1) is 0 Å². The average molecular weight is 287 g/mol. The monoisotopic (exact) mass is 286 g/mol. The Balaban J connectivity index is 2.04. The van der Waals surface area contributed by atoms with Crippen molar-refractivity contribution in [2.24, 2.45) is 11.7 Å². The van der Waals surface area contributed by atoms with Crippen molar-refractivity contribution in [2.75, 3.05) is 13.6 Å². The Morgan fingerprint density at radius 1 is 1.33 bits per heavy atom. The van der Waals surface area contributed by atoms with Gasteiger partial charge < -0.3 is 5.73 Å². The SMILES string of the molecule is CN(Cc1ccc(Cl)cc1Cl)C1CCCC1CN. The maximum absolute atomic E-state index is 6.21. The molecule has 100 valence electrons. The van der Waals surface area contributed by atoms with Gasteiger partial charge in [-0.3, -0.25) is 4.90 Å². The van der Waals surface area contributed by atoms with Gasteiger partial charge in [-0.2, -0.15) is 0 Å². The minimum absolute atomic E-state index is 0.585. The molecule has 1 fully saturated rings. The molecule has 0 heterocycles. The van der Waals surface area contributed by atoms with E-state index < -0.39 is 0 Å². The highest BCUT2D eigenvalue weighted by molar-refractivity contribution is 6.35. The summed E-state index contributed by atoms with van der Waals surface area (Å²) < 4.78 is 0. The van der Waals surface area contributed by atoms with Crippen LogP contribution in [0.25, 0.3) is 0 Å². The number of nitrogens with two attached hydrogens (primary N) is 1. The van der Waals surface area contributed by atoms with Gasteiger partial charge in [-0.05, 0) is 50.0 Å². The molecule has 0 aliphatic heterocycles. The lowest BCUT2D eigenvalue weighted by Gasteiger charge is -2.29. The molecule has 0 amide bonds. The van der Waals surface area contributed by atoms with E-state index in [1.165, 1.54) is 19.3 Å². The summed E-state index contributed by atoms with van der Waals surface area (Å²) in [7, 11) is 2.16. The lowest BCUT2D eigenvalue weighted by molar-refractivity contribution is 0.193. The van der Waals surface area contributed by atoms with Gasteiger partial charge in [-0.15, -0.1) is 0 Å². The van der Waals surface area contributed by atoms with Crippen LogP contribution >= 0.6 is 23.2 Å². The second-order valence-corrected chi connectivity index (χ2v) is 5.99. The predicted molar refractivity (Wildman–Crippen MR) is 78.1 cm³/mol. The second-order valence-electron chi connectivity index (χ2n) is 5.14. The first-order valence-corrected chi connectivity index (χ1v) is 7.21. The van der Waals surface area contributed by atoms with E-state index in [1.54, 1.807) is 6.07 Å². The summed E-state index contributed by atoms with van der Waals surface area (Å²) in [5.74, 6) is 0.626. The molecule has 18 heavy (non-hydrogen) atoms. The van der Waals surface area contributed by atoms with Crippen LogP contribution in [0.3, 0.4) is 0 Å². The molecular formula is C14H20Cl2N2. The summed E-state index contributed by atoms with van der Waals surface area (Å²) in [6.07, 6.45) is 3.77. The first-order valence-electron chi connectivity index (χ1n) is 6.46. The maximum atomic E-state index is 6.21. The Hall–Kier alpha value is -0.280. The van der Waals surface area contributed by atoms with Crippen molar-refractivity contribution in [2.45, 2.75) is 31.8 Å². The molecule has 0 radical (unpaired) electrons. The Morgan fingerprint density at radius 3 is 2.78 bits per heavy atom. The fourth-order valence-corrected chi connectivity index (χ4v) is 3.38. The van der Waals surface area contributed by atoms with Gasteiger partial charge in [0, 0.05) is 22.6 Å². The van der Waals surface area contributed by atoms with Crippen LogP contribution in [-0.4, -0.2) is 24.5 Å². The minimum atomic E-state index is 0.585. The molecule has 0 aromatic heterocycles. The lowest BCUT2D eigenvalue weighted by atomic mass is 10.0. The Morgan fingerprint density at radius 2 is 2.11 bits per heavy atom. The van der Waals surface area contributed by atoms with Crippen molar-refractivity contribution in [1.29, 1.82) is 0 Å². The van der Waals surface area contributed by atoms with E-state index in [0.29, 0.717) is 17.0 Å². The number of hydrogen-bond acceptors (Lipinski definition) is 2. The average Bonchev–Trinajstić information content (AvgIpc) is 2.81. The number of halogens is 2. The predicted octanol–water partition coefficient (Wildman–Crippen LogP) is 3.55. The highest BCUT2D eigenvalue weighted by atomic mass is 35.5. The van der Waals surface area contributed by atoms with Crippen LogP contribution in [0.15, 0.2) is 18.2 Å². The maximum Gasteiger partial charge on any atom is 0.0465 e. The van der Waals surface area contributed by atoms with Gasteiger partial charge in [-0.1, -0.05) is 35.7 Å². The first kappa shape index (κ1) is 14.1. The van der Waals surface area contributed by atoms with Crippen molar-refractivity contribution >= 4 is 23.2 Å². The number of nitrogens with zero attached hydrogens (tertiary/aromatic N) is 1. The van der Waals surface area contributed by atoms with Crippen LogP contribution in [0.5, 0.6) is 0 Å². The van der Waals surface area contributed by atoms with Crippen LogP contribution in [-0.2, 0) is 6.54 Å². The zero-order valence-electron chi connectivity index (χ0n) is 10.7. The van der Waals surface area contributed by atoms with Crippen molar-refractivity contribution in [1.82, 2.24) is 4.90 Å². The fourth-order valence-electron chi connectivity index (χ4n) is 2.91. The summed E-state index contributed by atoms with van der Waals surface area (Å²) in [4.78, 5) is 2.37. The summed E-state index contributed by atoms with van der Waals surface area (Å²) in [6, 6.07) is 6.29. The molecule has 1 aliphatic rings. The molecule has 1 aliphatic carbocycles. The molecule has 2 nitrogen and oxygen atoms in total. The first-order chi connectivity index (χ1) is 8.61. The Kier molecular flexibility index (Phi) is 4.91. The highest BCUT2D eigenvalue weighted by Gasteiger charge is 2.29. The molecular weight excluding hydrogens is 267 g/mol. The molecule has 1 saturated carbocycles. The summed E-state index contributed by atoms with van der Waals surface area (Å²) in [6.45, 7) is 1.64. The Bertz CT molecular complexity index is 409. The fraction of sp³-hybridized carbons (Fsp3) is 0.571. The zero-order chi connectivity index (χ0) is 13.1. The van der Waals surface area contributed by atoms with Gasteiger partial charge >= 0.3 is 0 Å². The van der Waals surface area contributed by atoms with Crippen LogP contribution in [0, 0.1) is 5.92 Å². The van der Waals surface area contributed by atoms with Gasteiger partial charge in [0.15, 0.2) is 0 Å². The molecule has 2 unspecified atom stereocenters. The smallest absolute Gasteiger partial charge is 0.0465 e. The molecule has 2 rings (SSSR count). The molecule has 4 heteroatoms. The molecule has 2 atom stereocenters. The van der Waals surface area contributed by atoms with E-state index in [0.717, 1.165) is 23.7 Å². The normalized spacial score (nSPS) is 23.8. The largest absolute Gasteiger partial charge is 0.330 e. The summed E-state index contributed by atoms with van der Waals surface area (Å²) >= 11 is 12.1. The van der Waals surface area contributed by atoms with Crippen molar-refractivity contribution < 1.29 is 0 Å². The quantitative estimate of drug-likeness (QED) is 0.917. The molecule has 1 aromatic carbocycles. The third-order valence-electron chi connectivity index (χ3n) is 3.92. The van der Waals surface area contributed by atoms with E-state index in [9.17, 15) is 0 Å². The van der Waals surface area contributed by atoms with E-state index >= 15 is 0 Å². The molecule has 2 N–H and O–H groups in total. The van der Waals surface area contributed by atoms with Crippen LogP contribution in [0.1, 0.15) is 24.8 Å². The van der Waals surface area contributed by atoms with E-state index in [4.69, 9.17) is 28.9 Å². The van der Waals surface area contributed by atoms with Gasteiger partial charge in [0.2, 0.25) is 0 Å². The molecule has 1 aromatic rings. The van der Waals surface area contributed by atoms with E-state index in [1.807, 2.05) is 12.1 Å². The second kappa shape index (κ2) is 6.25. The van der Waals surface area contributed by atoms with Crippen molar-refractivity contribution in [3.05, 3.63) is 33.8 Å². The summed E-state index contributed by atoms with van der Waals surface area (Å²) in [5.41, 5.74) is 6.97. The minimum Gasteiger partial charge on any atom is -0.330 e. The van der Waals surface area contributed by atoms with Crippen molar-refractivity contribution in [3.8, 4) is 0 Å². The van der Waals surface area contributed by atoms with Gasteiger partial charge in [0.25, 0.3) is 0 Å². The topological polar surface area (TPSA) is 29.3 Å². The lowest BCUT2D eigenvalue weighted by Crippen LogP contribution is -2.37. The van der Waals surface area contributed by atoms with E-state index in [2.05, 4.69) is 11.9 Å². The number of hydrogen-bond donors (Lipinski definition) is 1. The molecule has 0 bridgehead atoms. The van der Waals surface area contributed by atoms with Gasteiger partial charge in [0.1, 0.15) is 0 Å². The molecule has 0 spiro atoms. The van der Waals surface area contributed by atoms with Gasteiger partial charge in [-0.25, -0.2) is 0 Å². The van der Waals surface area contributed by atoms with Crippen LogP contribution < -0.4 is 5.73 Å². The number of rotatable bonds is 4. The van der Waals surface area contributed by atoms with Crippen LogP contribution in [0.2, 0.25) is 10.0 Å². The van der Waals surface area contributed by atoms with Crippen LogP contribution in [0.4, 0.5) is 0 Å².